The number of alkyl halides is 3. The molecule has 2 aromatic carbocycles. The number of hydrogen-bond acceptors (Lipinski definition) is 6. The summed E-state index contributed by atoms with van der Waals surface area (Å²) < 4.78 is 41.1. The number of fused-ring (bicyclic) bond motifs is 1. The van der Waals surface area contributed by atoms with Crippen molar-refractivity contribution < 1.29 is 22.7 Å². The molecule has 3 aromatic rings. The summed E-state index contributed by atoms with van der Waals surface area (Å²) in [5, 5.41) is 0. The van der Waals surface area contributed by atoms with Crippen LogP contribution in [0, 0.1) is 0 Å². The zero-order valence-electron chi connectivity index (χ0n) is 19.5. The number of hydrogen-bond donors (Lipinski definition) is 1. The van der Waals surface area contributed by atoms with Gasteiger partial charge in [0, 0.05) is 69.6 Å². The van der Waals surface area contributed by atoms with E-state index in [-0.39, 0.29) is 18.2 Å². The second kappa shape index (κ2) is 9.69. The van der Waals surface area contributed by atoms with E-state index in [0.29, 0.717) is 23.4 Å². The fraction of sp³-hybridized carbons (Fsp3) is 0.308. The molecule has 2 N–H and O–H groups in total. The highest BCUT2D eigenvalue weighted by molar-refractivity contribution is 6.03. The lowest BCUT2D eigenvalue weighted by molar-refractivity contribution is -0.274. The van der Waals surface area contributed by atoms with Crippen LogP contribution in [-0.2, 0) is 19.6 Å². The Kier molecular flexibility index (Phi) is 6.44. The normalized spacial score (nSPS) is 16.4. The van der Waals surface area contributed by atoms with Crippen LogP contribution in [-0.4, -0.2) is 53.2 Å². The van der Waals surface area contributed by atoms with Gasteiger partial charge in [-0.3, -0.25) is 14.7 Å². The average molecular weight is 498 g/mol. The summed E-state index contributed by atoms with van der Waals surface area (Å²) in [6.45, 7) is 5.04. The zero-order valence-corrected chi connectivity index (χ0v) is 19.5. The highest BCUT2D eigenvalue weighted by Crippen LogP contribution is 2.34. The number of ether oxygens (including phenoxy) is 1. The Morgan fingerprint density at radius 1 is 0.972 bits per heavy atom. The molecule has 1 saturated heterocycles. The molecule has 10 heteroatoms. The number of carbonyl (C=O) groups is 1. The summed E-state index contributed by atoms with van der Waals surface area (Å²) in [6.07, 6.45) is -1.08. The van der Waals surface area contributed by atoms with Crippen molar-refractivity contribution in [3.05, 3.63) is 83.2 Å². The van der Waals surface area contributed by atoms with E-state index < -0.39 is 6.36 Å². The molecule has 0 saturated carbocycles. The van der Waals surface area contributed by atoms with Crippen molar-refractivity contribution in [3.63, 3.8) is 0 Å². The predicted molar refractivity (Wildman–Crippen MR) is 129 cm³/mol. The van der Waals surface area contributed by atoms with E-state index in [1.54, 1.807) is 11.1 Å². The van der Waals surface area contributed by atoms with Gasteiger partial charge in [-0.1, -0.05) is 18.2 Å². The number of anilines is 2. The molecule has 2 aliphatic rings. The highest BCUT2D eigenvalue weighted by atomic mass is 19.4. The van der Waals surface area contributed by atoms with Crippen molar-refractivity contribution in [2.75, 3.05) is 36.8 Å². The number of piperazine rings is 1. The van der Waals surface area contributed by atoms with E-state index in [0.717, 1.165) is 44.0 Å². The lowest BCUT2D eigenvalue weighted by atomic mass is 10.1. The molecule has 1 amide bonds. The SMILES string of the molecule is Nc1cc(N2CCN(Cc3cccnc3)CC2)cc2c1C(=O)N(Cc1ccc(OC(F)(F)F)cc1)C2. The molecule has 0 bridgehead atoms. The number of aromatic nitrogens is 1. The number of benzene rings is 2. The van der Waals surface area contributed by atoms with Crippen molar-refractivity contribution in [2.45, 2.75) is 26.0 Å². The van der Waals surface area contributed by atoms with Crippen LogP contribution in [0.3, 0.4) is 0 Å². The first-order valence-corrected chi connectivity index (χ1v) is 11.7. The molecule has 0 atom stereocenters. The van der Waals surface area contributed by atoms with Gasteiger partial charge in [0.1, 0.15) is 5.75 Å². The third-order valence-corrected chi connectivity index (χ3v) is 6.49. The lowest BCUT2D eigenvalue weighted by Gasteiger charge is -2.36. The van der Waals surface area contributed by atoms with Gasteiger partial charge in [-0.25, -0.2) is 0 Å². The third kappa shape index (κ3) is 5.38. The number of amides is 1. The number of rotatable bonds is 6. The van der Waals surface area contributed by atoms with Crippen LogP contribution >= 0.6 is 0 Å². The zero-order chi connectivity index (χ0) is 25.3. The monoisotopic (exact) mass is 497 g/mol. The van der Waals surface area contributed by atoms with Crippen LogP contribution in [0.1, 0.15) is 27.0 Å². The Morgan fingerprint density at radius 2 is 1.72 bits per heavy atom. The molecule has 0 aliphatic carbocycles. The fourth-order valence-electron chi connectivity index (χ4n) is 4.77. The molecular weight excluding hydrogens is 471 g/mol. The van der Waals surface area contributed by atoms with Crippen LogP contribution in [0.15, 0.2) is 60.9 Å². The van der Waals surface area contributed by atoms with E-state index in [2.05, 4.69) is 25.6 Å². The number of pyridine rings is 1. The van der Waals surface area contributed by atoms with Gasteiger partial charge in [0.2, 0.25) is 0 Å². The molecule has 7 nitrogen and oxygen atoms in total. The van der Waals surface area contributed by atoms with Gasteiger partial charge >= 0.3 is 6.36 Å². The topological polar surface area (TPSA) is 74.9 Å². The molecular formula is C26H26F3N5O2. The van der Waals surface area contributed by atoms with E-state index in [1.165, 1.54) is 29.8 Å². The van der Waals surface area contributed by atoms with E-state index in [9.17, 15) is 18.0 Å². The Hall–Kier alpha value is -3.79. The second-order valence-corrected chi connectivity index (χ2v) is 9.05. The Morgan fingerprint density at radius 3 is 2.39 bits per heavy atom. The maximum absolute atomic E-state index is 13.0. The molecule has 5 rings (SSSR count). The van der Waals surface area contributed by atoms with Crippen molar-refractivity contribution >= 4 is 17.3 Å². The Bertz CT molecular complexity index is 1230. The number of nitrogens with zero attached hydrogens (tertiary/aromatic N) is 4. The van der Waals surface area contributed by atoms with Crippen molar-refractivity contribution in [1.29, 1.82) is 0 Å². The summed E-state index contributed by atoms with van der Waals surface area (Å²) in [5.74, 6) is -0.470. The predicted octanol–water partition coefficient (Wildman–Crippen LogP) is 4.04. The van der Waals surface area contributed by atoms with Gasteiger partial charge in [-0.05, 0) is 47.0 Å². The fourth-order valence-corrected chi connectivity index (χ4v) is 4.77. The first-order chi connectivity index (χ1) is 17.2. The van der Waals surface area contributed by atoms with Crippen molar-refractivity contribution in [1.82, 2.24) is 14.8 Å². The molecule has 36 heavy (non-hydrogen) atoms. The summed E-state index contributed by atoms with van der Waals surface area (Å²) in [6, 6.07) is 13.5. The van der Waals surface area contributed by atoms with Gasteiger partial charge < -0.3 is 20.3 Å². The number of nitrogen functional groups attached to an aromatic ring is 1. The highest BCUT2D eigenvalue weighted by Gasteiger charge is 2.32. The summed E-state index contributed by atoms with van der Waals surface area (Å²) in [5.41, 5.74) is 11.0. The maximum atomic E-state index is 13.0. The lowest BCUT2D eigenvalue weighted by Crippen LogP contribution is -2.46. The molecule has 2 aliphatic heterocycles. The van der Waals surface area contributed by atoms with Crippen molar-refractivity contribution in [3.8, 4) is 5.75 Å². The number of halogens is 3. The van der Waals surface area contributed by atoms with E-state index in [1.807, 2.05) is 24.4 Å². The quantitative estimate of drug-likeness (QED) is 0.519. The van der Waals surface area contributed by atoms with Gasteiger partial charge in [0.25, 0.3) is 5.91 Å². The van der Waals surface area contributed by atoms with Crippen LogP contribution in [0.4, 0.5) is 24.5 Å². The molecule has 0 radical (unpaired) electrons. The van der Waals surface area contributed by atoms with Gasteiger partial charge in [0.15, 0.2) is 0 Å². The summed E-state index contributed by atoms with van der Waals surface area (Å²) in [4.78, 5) is 23.5. The van der Waals surface area contributed by atoms with Gasteiger partial charge in [-0.15, -0.1) is 13.2 Å². The maximum Gasteiger partial charge on any atom is 0.573 e. The third-order valence-electron chi connectivity index (χ3n) is 6.49. The second-order valence-electron chi connectivity index (χ2n) is 9.05. The smallest absolute Gasteiger partial charge is 0.406 e. The van der Waals surface area contributed by atoms with Crippen molar-refractivity contribution in [2.24, 2.45) is 0 Å². The Labute approximate surface area is 206 Å². The molecule has 1 aromatic heterocycles. The van der Waals surface area contributed by atoms with Crippen LogP contribution in [0.2, 0.25) is 0 Å². The van der Waals surface area contributed by atoms with Gasteiger partial charge in [0.05, 0.1) is 5.56 Å². The minimum atomic E-state index is -4.74. The average Bonchev–Trinajstić information content (AvgIpc) is 3.16. The van der Waals surface area contributed by atoms with Crippen LogP contribution in [0.25, 0.3) is 0 Å². The standard InChI is InChI=1S/C26H26F3N5O2/c27-26(28,29)36-22-5-3-18(4-6-22)16-34-17-20-12-21(13-23(30)24(20)25(34)35)33-10-8-32(9-11-33)15-19-2-1-7-31-14-19/h1-7,12-14H,8-11,15-17,30H2. The number of carbonyl (C=O) groups excluding carboxylic acids is 1. The molecule has 1 fully saturated rings. The van der Waals surface area contributed by atoms with Crippen LogP contribution < -0.4 is 15.4 Å². The summed E-state index contributed by atoms with van der Waals surface area (Å²) in [7, 11) is 0. The van der Waals surface area contributed by atoms with E-state index in [4.69, 9.17) is 5.73 Å². The molecule has 3 heterocycles. The minimum Gasteiger partial charge on any atom is -0.406 e. The largest absolute Gasteiger partial charge is 0.573 e. The van der Waals surface area contributed by atoms with E-state index >= 15 is 0 Å². The molecule has 188 valence electrons. The number of nitrogens with two attached hydrogens (primary N) is 1. The minimum absolute atomic E-state index is 0.175. The first kappa shape index (κ1) is 23.9. The molecule has 0 unspecified atom stereocenters. The molecule has 0 spiro atoms. The Balaban J connectivity index is 1.22. The van der Waals surface area contributed by atoms with Gasteiger partial charge in [-0.2, -0.15) is 0 Å². The van der Waals surface area contributed by atoms with Crippen LogP contribution in [0.5, 0.6) is 5.75 Å². The first-order valence-electron chi connectivity index (χ1n) is 11.7. The summed E-state index contributed by atoms with van der Waals surface area (Å²) >= 11 is 0.